The van der Waals surface area contributed by atoms with Crippen LogP contribution in [0.5, 0.6) is 0 Å². The van der Waals surface area contributed by atoms with Gasteiger partial charge in [0.25, 0.3) is 0 Å². The molecule has 3 heterocycles. The van der Waals surface area contributed by atoms with Crippen LogP contribution in [0.15, 0.2) is 35.2 Å². The molecular weight excluding hydrogens is 652 g/mol. The van der Waals surface area contributed by atoms with Gasteiger partial charge in [0.05, 0.1) is 17.4 Å². The quantitative estimate of drug-likeness (QED) is 0.252. The third kappa shape index (κ3) is 9.50. The highest BCUT2D eigenvalue weighted by molar-refractivity contribution is 7.89. The summed E-state index contributed by atoms with van der Waals surface area (Å²) < 4.78 is 30.1. The van der Waals surface area contributed by atoms with Crippen molar-refractivity contribution in [2.75, 3.05) is 19.6 Å². The van der Waals surface area contributed by atoms with E-state index in [-0.39, 0.29) is 56.3 Å². The summed E-state index contributed by atoms with van der Waals surface area (Å²) in [5.74, 6) is -1.38. The molecule has 0 unspecified atom stereocenters. The summed E-state index contributed by atoms with van der Waals surface area (Å²) in [4.78, 5) is 57.8. The lowest BCUT2D eigenvalue weighted by atomic mass is 10.0. The molecule has 16 nitrogen and oxygen atoms in total. The van der Waals surface area contributed by atoms with E-state index in [0.29, 0.717) is 23.0 Å². The first-order valence-electron chi connectivity index (χ1n) is 16.3. The van der Waals surface area contributed by atoms with Crippen molar-refractivity contribution in [2.24, 2.45) is 5.92 Å². The first kappa shape index (κ1) is 37.2. The number of nitrogens with one attached hydrogen (secondary N) is 5. The lowest BCUT2D eigenvalue weighted by Crippen LogP contribution is -2.54. The number of H-pyrrole nitrogens is 1. The number of fused-ring (bicyclic) bond motifs is 1. The molecule has 0 spiro atoms. The fraction of sp³-hybridized carbons (Fsp3) is 0.531. The Morgan fingerprint density at radius 1 is 0.939 bits per heavy atom. The second-order valence-electron chi connectivity index (χ2n) is 12.6. The van der Waals surface area contributed by atoms with Crippen LogP contribution in [0, 0.1) is 26.7 Å². The number of aryl methyl sites for hydroxylation is 3. The Morgan fingerprint density at radius 2 is 1.65 bits per heavy atom. The first-order valence-corrected chi connectivity index (χ1v) is 17.7. The lowest BCUT2D eigenvalue weighted by molar-refractivity contribution is -0.132. The Labute approximate surface area is 286 Å². The minimum atomic E-state index is -4.05. The predicted octanol–water partition coefficient (Wildman–Crippen LogP) is 0.573. The molecule has 1 aromatic carbocycles. The van der Waals surface area contributed by atoms with Gasteiger partial charge in [-0.3, -0.25) is 24.3 Å². The number of nitrogens with zero attached hydrogens (tertiary/aromatic N) is 5. The van der Waals surface area contributed by atoms with Gasteiger partial charge in [0, 0.05) is 32.5 Å². The highest BCUT2D eigenvalue weighted by Crippen LogP contribution is 2.23. The van der Waals surface area contributed by atoms with Crippen molar-refractivity contribution in [3.63, 3.8) is 0 Å². The van der Waals surface area contributed by atoms with Crippen LogP contribution in [-0.2, 0) is 42.2 Å². The van der Waals surface area contributed by atoms with E-state index in [1.807, 2.05) is 44.2 Å². The number of carbonyl (C=O) groups is 4. The number of aromatic nitrogens is 5. The maximum absolute atomic E-state index is 13.8. The van der Waals surface area contributed by atoms with E-state index in [2.05, 4.69) is 41.5 Å². The standard InChI is InChI=1S/C32H46N10O6S/c1-19(2)28-30-35-23(6)40-42(30)18-27(44)33-14-16-41(49(47,48)29-20(3)38-39-21(29)4)15-10-13-26(43)34-22(5)31(45)36-25(32(46)37-28)17-24-11-8-7-9-12-24/h7-9,11-12,19,22,25,28H,10,13-18H2,1-6H3,(H,33,44)(H,34,43)(H,36,45)(H,37,46)(H,38,39)/t22-,25+,28-/m0/s1. The molecule has 0 radical (unpaired) electrons. The number of rotatable bonds is 5. The van der Waals surface area contributed by atoms with E-state index in [9.17, 15) is 27.6 Å². The number of aromatic amines is 1. The van der Waals surface area contributed by atoms with Gasteiger partial charge in [-0.2, -0.15) is 14.5 Å². The van der Waals surface area contributed by atoms with Gasteiger partial charge in [0.2, 0.25) is 33.7 Å². The number of hydrogen-bond acceptors (Lipinski definition) is 9. The van der Waals surface area contributed by atoms with Crippen LogP contribution in [0.4, 0.5) is 0 Å². The molecule has 0 aliphatic carbocycles. The molecule has 17 heteroatoms. The summed E-state index contributed by atoms with van der Waals surface area (Å²) in [5, 5.41) is 22.3. The normalized spacial score (nSPS) is 21.3. The molecule has 2 aromatic heterocycles. The SMILES string of the molecule is Cc1nc2n(n1)CC(=O)NCCN(S(=O)(=O)c1c(C)n[nH]c1C)CCCC(=O)N[C@@H](C)C(=O)N[C@H](Cc1ccccc1)C(=O)N[C@H]2C(C)C. The van der Waals surface area contributed by atoms with Crippen LogP contribution in [0.1, 0.15) is 68.3 Å². The van der Waals surface area contributed by atoms with Crippen LogP contribution < -0.4 is 21.3 Å². The second-order valence-corrected chi connectivity index (χ2v) is 14.4. The zero-order valence-corrected chi connectivity index (χ0v) is 29.6. The summed E-state index contributed by atoms with van der Waals surface area (Å²) in [6.45, 7) is 9.80. The minimum absolute atomic E-state index is 0.0219. The molecule has 0 fully saturated rings. The van der Waals surface area contributed by atoms with Crippen molar-refractivity contribution in [1.82, 2.24) is 50.5 Å². The van der Waals surface area contributed by atoms with Gasteiger partial charge in [-0.15, -0.1) is 0 Å². The molecular formula is C32H46N10O6S. The fourth-order valence-corrected chi connectivity index (χ4v) is 7.48. The van der Waals surface area contributed by atoms with E-state index in [1.54, 1.807) is 20.8 Å². The number of sulfonamides is 1. The second kappa shape index (κ2) is 16.2. The topological polar surface area (TPSA) is 213 Å². The van der Waals surface area contributed by atoms with Crippen molar-refractivity contribution >= 4 is 33.7 Å². The van der Waals surface area contributed by atoms with Gasteiger partial charge >= 0.3 is 0 Å². The smallest absolute Gasteiger partial charge is 0.246 e. The maximum Gasteiger partial charge on any atom is 0.246 e. The van der Waals surface area contributed by atoms with Crippen molar-refractivity contribution in [1.29, 1.82) is 0 Å². The zero-order valence-electron chi connectivity index (χ0n) is 28.7. The fourth-order valence-electron chi connectivity index (χ4n) is 5.67. The van der Waals surface area contributed by atoms with E-state index in [4.69, 9.17) is 0 Å². The molecule has 266 valence electrons. The molecule has 4 rings (SSSR count). The zero-order chi connectivity index (χ0) is 35.9. The van der Waals surface area contributed by atoms with E-state index in [1.165, 1.54) is 15.9 Å². The van der Waals surface area contributed by atoms with E-state index < -0.39 is 51.8 Å². The molecule has 3 atom stereocenters. The van der Waals surface area contributed by atoms with Gasteiger partial charge in [-0.1, -0.05) is 44.2 Å². The van der Waals surface area contributed by atoms with Crippen LogP contribution in [0.3, 0.4) is 0 Å². The van der Waals surface area contributed by atoms with Crippen LogP contribution in [0.25, 0.3) is 0 Å². The molecule has 1 aliphatic rings. The van der Waals surface area contributed by atoms with Crippen molar-refractivity contribution in [2.45, 2.75) is 90.4 Å². The van der Waals surface area contributed by atoms with Gasteiger partial charge in [0.1, 0.15) is 29.3 Å². The summed E-state index contributed by atoms with van der Waals surface area (Å²) >= 11 is 0. The maximum atomic E-state index is 13.8. The Balaban J connectivity index is 1.66. The van der Waals surface area contributed by atoms with Gasteiger partial charge < -0.3 is 21.3 Å². The van der Waals surface area contributed by atoms with Crippen molar-refractivity contribution in [3.05, 3.63) is 58.9 Å². The van der Waals surface area contributed by atoms with E-state index >= 15 is 0 Å². The molecule has 4 amide bonds. The number of hydrogen-bond donors (Lipinski definition) is 5. The Morgan fingerprint density at radius 3 is 2.31 bits per heavy atom. The van der Waals surface area contributed by atoms with Gasteiger partial charge in [0.15, 0.2) is 5.82 Å². The van der Waals surface area contributed by atoms with E-state index in [0.717, 1.165) is 5.56 Å². The van der Waals surface area contributed by atoms with Crippen LogP contribution in [-0.4, -0.2) is 93.0 Å². The Hall–Kier alpha value is -4.64. The summed E-state index contributed by atoms with van der Waals surface area (Å²) in [6, 6.07) is 6.54. The third-order valence-corrected chi connectivity index (χ3v) is 10.3. The average Bonchev–Trinajstić information content (AvgIpc) is 3.57. The number of carbonyl (C=O) groups excluding carboxylic acids is 4. The molecule has 3 aromatic rings. The Kier molecular flexibility index (Phi) is 12.3. The summed E-state index contributed by atoms with van der Waals surface area (Å²) in [7, 11) is -4.05. The molecule has 1 aliphatic heterocycles. The van der Waals surface area contributed by atoms with Crippen LogP contribution in [0.2, 0.25) is 0 Å². The molecule has 49 heavy (non-hydrogen) atoms. The summed E-state index contributed by atoms with van der Waals surface area (Å²) in [5.41, 5.74) is 1.49. The van der Waals surface area contributed by atoms with Gasteiger partial charge in [-0.05, 0) is 45.6 Å². The first-order chi connectivity index (χ1) is 23.2. The highest BCUT2D eigenvalue weighted by Gasteiger charge is 2.32. The lowest BCUT2D eigenvalue weighted by Gasteiger charge is -2.27. The largest absolute Gasteiger partial charge is 0.353 e. The average molecular weight is 699 g/mol. The minimum Gasteiger partial charge on any atom is -0.353 e. The predicted molar refractivity (Wildman–Crippen MR) is 179 cm³/mol. The molecule has 5 N–H and O–H groups in total. The monoisotopic (exact) mass is 698 g/mol. The van der Waals surface area contributed by atoms with Gasteiger partial charge in [-0.25, -0.2) is 18.1 Å². The number of amides is 4. The summed E-state index contributed by atoms with van der Waals surface area (Å²) in [6.07, 6.45) is 0.246. The molecule has 0 bridgehead atoms. The third-order valence-electron chi connectivity index (χ3n) is 8.18. The number of benzene rings is 1. The van der Waals surface area contributed by atoms with Crippen molar-refractivity contribution < 1.29 is 27.6 Å². The Bertz CT molecular complexity index is 1730. The van der Waals surface area contributed by atoms with Crippen molar-refractivity contribution in [3.8, 4) is 0 Å². The van der Waals surface area contributed by atoms with Crippen LogP contribution >= 0.6 is 0 Å². The molecule has 0 saturated carbocycles. The highest BCUT2D eigenvalue weighted by atomic mass is 32.2. The molecule has 0 saturated heterocycles.